The predicted octanol–water partition coefficient (Wildman–Crippen LogP) is 2.90. The zero-order valence-electron chi connectivity index (χ0n) is 11.3. The van der Waals surface area contributed by atoms with Crippen LogP contribution in [0.3, 0.4) is 0 Å². The molecule has 0 saturated carbocycles. The topological polar surface area (TPSA) is 84.2 Å². The van der Waals surface area contributed by atoms with Crippen LogP contribution in [0.4, 0.5) is 5.69 Å². The zero-order chi connectivity index (χ0) is 15.4. The average Bonchev–Trinajstić information content (AvgIpc) is 2.80. The molecule has 2 aromatic rings. The summed E-state index contributed by atoms with van der Waals surface area (Å²) in [6, 6.07) is 4.40. The molecule has 21 heavy (non-hydrogen) atoms. The number of anilines is 1. The summed E-state index contributed by atoms with van der Waals surface area (Å²) in [4.78, 5) is 26.8. The van der Waals surface area contributed by atoms with Crippen LogP contribution in [0.25, 0.3) is 0 Å². The van der Waals surface area contributed by atoms with Gasteiger partial charge in [-0.3, -0.25) is 4.79 Å². The highest BCUT2D eigenvalue weighted by Crippen LogP contribution is 2.17. The SMILES string of the molecule is CCCn1cc(Cl)cc1C(=O)Nc1ccnc(C(=O)O)c1. The number of aromatic nitrogens is 2. The first-order valence-corrected chi connectivity index (χ1v) is 6.75. The molecular weight excluding hydrogens is 294 g/mol. The van der Waals surface area contributed by atoms with Crippen molar-refractivity contribution in [3.8, 4) is 0 Å². The number of carbonyl (C=O) groups excluding carboxylic acids is 1. The summed E-state index contributed by atoms with van der Waals surface area (Å²) in [5.74, 6) is -1.50. The Morgan fingerprint density at radius 1 is 1.43 bits per heavy atom. The average molecular weight is 308 g/mol. The largest absolute Gasteiger partial charge is 0.477 e. The van der Waals surface area contributed by atoms with Crippen LogP contribution in [0.15, 0.2) is 30.6 Å². The lowest BCUT2D eigenvalue weighted by molar-refractivity contribution is 0.0690. The molecule has 0 saturated heterocycles. The number of carboxylic acid groups (broad SMARTS) is 1. The maximum absolute atomic E-state index is 12.2. The van der Waals surface area contributed by atoms with E-state index >= 15 is 0 Å². The Labute approximate surface area is 126 Å². The predicted molar refractivity (Wildman–Crippen MR) is 78.9 cm³/mol. The molecule has 7 heteroatoms. The minimum absolute atomic E-state index is 0.130. The van der Waals surface area contributed by atoms with E-state index in [1.807, 2.05) is 6.92 Å². The van der Waals surface area contributed by atoms with Crippen molar-refractivity contribution >= 4 is 29.2 Å². The first kappa shape index (κ1) is 15.1. The molecule has 0 unspecified atom stereocenters. The van der Waals surface area contributed by atoms with Gasteiger partial charge in [0.2, 0.25) is 0 Å². The van der Waals surface area contributed by atoms with Gasteiger partial charge in [0.25, 0.3) is 5.91 Å². The molecule has 0 fully saturated rings. The van der Waals surface area contributed by atoms with Crippen LogP contribution >= 0.6 is 11.6 Å². The summed E-state index contributed by atoms with van der Waals surface area (Å²) in [5.41, 5.74) is 0.665. The molecule has 1 amide bonds. The molecule has 0 radical (unpaired) electrons. The molecule has 2 N–H and O–H groups in total. The number of carboxylic acids is 1. The number of hydrogen-bond donors (Lipinski definition) is 2. The molecule has 2 aromatic heterocycles. The van der Waals surface area contributed by atoms with Crippen molar-refractivity contribution in [3.05, 3.63) is 47.0 Å². The third-order valence-corrected chi connectivity index (χ3v) is 3.00. The van der Waals surface area contributed by atoms with Gasteiger partial charge in [-0.15, -0.1) is 0 Å². The van der Waals surface area contributed by atoms with E-state index in [-0.39, 0.29) is 11.6 Å². The number of nitrogens with one attached hydrogen (secondary N) is 1. The van der Waals surface area contributed by atoms with Gasteiger partial charge in [-0.2, -0.15) is 0 Å². The third kappa shape index (κ3) is 3.61. The minimum Gasteiger partial charge on any atom is -0.477 e. The van der Waals surface area contributed by atoms with Gasteiger partial charge in [-0.25, -0.2) is 9.78 Å². The Bertz CT molecular complexity index is 682. The molecule has 0 aliphatic heterocycles. The molecular formula is C14H14ClN3O3. The number of amides is 1. The number of aryl methyl sites for hydroxylation is 1. The van der Waals surface area contributed by atoms with E-state index in [4.69, 9.17) is 16.7 Å². The number of carbonyl (C=O) groups is 2. The van der Waals surface area contributed by atoms with Gasteiger partial charge >= 0.3 is 5.97 Å². The fourth-order valence-corrected chi connectivity index (χ4v) is 2.13. The Hall–Kier alpha value is -2.34. The monoisotopic (exact) mass is 307 g/mol. The zero-order valence-corrected chi connectivity index (χ0v) is 12.1. The lowest BCUT2D eigenvalue weighted by Gasteiger charge is -2.08. The maximum atomic E-state index is 12.2. The lowest BCUT2D eigenvalue weighted by atomic mass is 10.3. The minimum atomic E-state index is -1.15. The molecule has 2 heterocycles. The van der Waals surface area contributed by atoms with Crippen LogP contribution in [0.5, 0.6) is 0 Å². The summed E-state index contributed by atoms with van der Waals surface area (Å²) < 4.78 is 1.76. The third-order valence-electron chi connectivity index (χ3n) is 2.80. The Kier molecular flexibility index (Phi) is 4.59. The summed E-state index contributed by atoms with van der Waals surface area (Å²) >= 11 is 5.93. The van der Waals surface area contributed by atoms with Gasteiger partial charge in [-0.1, -0.05) is 18.5 Å². The first-order chi connectivity index (χ1) is 10.0. The van der Waals surface area contributed by atoms with E-state index in [9.17, 15) is 9.59 Å². The summed E-state index contributed by atoms with van der Waals surface area (Å²) in [5, 5.41) is 12.0. The molecule has 0 aliphatic rings. The van der Waals surface area contributed by atoms with Crippen molar-refractivity contribution in [2.75, 3.05) is 5.32 Å². The van der Waals surface area contributed by atoms with Crippen molar-refractivity contribution in [3.63, 3.8) is 0 Å². The van der Waals surface area contributed by atoms with E-state index in [0.29, 0.717) is 22.9 Å². The lowest BCUT2D eigenvalue weighted by Crippen LogP contribution is -2.17. The fraction of sp³-hybridized carbons (Fsp3) is 0.214. The van der Waals surface area contributed by atoms with Crippen LogP contribution < -0.4 is 5.32 Å². The van der Waals surface area contributed by atoms with E-state index < -0.39 is 5.97 Å². The van der Waals surface area contributed by atoms with E-state index in [0.717, 1.165) is 6.42 Å². The number of hydrogen-bond acceptors (Lipinski definition) is 3. The Balaban J connectivity index is 2.22. The smallest absolute Gasteiger partial charge is 0.354 e. The molecule has 0 spiro atoms. The van der Waals surface area contributed by atoms with Crippen molar-refractivity contribution in [2.24, 2.45) is 0 Å². The second-order valence-electron chi connectivity index (χ2n) is 4.43. The normalized spacial score (nSPS) is 10.4. The van der Waals surface area contributed by atoms with E-state index in [1.54, 1.807) is 16.8 Å². The first-order valence-electron chi connectivity index (χ1n) is 6.37. The molecule has 0 atom stereocenters. The van der Waals surface area contributed by atoms with E-state index in [1.165, 1.54) is 18.3 Å². The molecule has 0 bridgehead atoms. The molecule has 110 valence electrons. The standard InChI is InChI=1S/C14H14ClN3O3/c1-2-5-18-8-9(15)6-12(18)13(19)17-10-3-4-16-11(7-10)14(20)21/h3-4,6-8H,2,5H2,1H3,(H,20,21)(H,16,17,19). The quantitative estimate of drug-likeness (QED) is 0.889. The summed E-state index contributed by atoms with van der Waals surface area (Å²) in [6.45, 7) is 2.67. The second-order valence-corrected chi connectivity index (χ2v) is 4.86. The maximum Gasteiger partial charge on any atom is 0.354 e. The van der Waals surface area contributed by atoms with Crippen LogP contribution in [0.1, 0.15) is 34.3 Å². The van der Waals surface area contributed by atoms with Crippen LogP contribution in [0, 0.1) is 0 Å². The highest BCUT2D eigenvalue weighted by atomic mass is 35.5. The van der Waals surface area contributed by atoms with Gasteiger partial charge in [0, 0.05) is 24.6 Å². The van der Waals surface area contributed by atoms with Gasteiger partial charge in [0.15, 0.2) is 0 Å². The van der Waals surface area contributed by atoms with E-state index in [2.05, 4.69) is 10.3 Å². The Morgan fingerprint density at radius 2 is 2.19 bits per heavy atom. The van der Waals surface area contributed by atoms with Crippen molar-refractivity contribution in [1.29, 1.82) is 0 Å². The number of nitrogens with zero attached hydrogens (tertiary/aromatic N) is 2. The van der Waals surface area contributed by atoms with Crippen molar-refractivity contribution in [1.82, 2.24) is 9.55 Å². The molecule has 0 aromatic carbocycles. The summed E-state index contributed by atoms with van der Waals surface area (Å²) in [7, 11) is 0. The van der Waals surface area contributed by atoms with Crippen LogP contribution in [-0.2, 0) is 6.54 Å². The second kappa shape index (κ2) is 6.41. The number of halogens is 1. The highest BCUT2D eigenvalue weighted by Gasteiger charge is 2.14. The van der Waals surface area contributed by atoms with Crippen molar-refractivity contribution in [2.45, 2.75) is 19.9 Å². The molecule has 2 rings (SSSR count). The molecule has 6 nitrogen and oxygen atoms in total. The highest BCUT2D eigenvalue weighted by molar-refractivity contribution is 6.31. The number of pyridine rings is 1. The Morgan fingerprint density at radius 3 is 2.86 bits per heavy atom. The molecule has 0 aliphatic carbocycles. The summed E-state index contributed by atoms with van der Waals surface area (Å²) in [6.07, 6.45) is 3.88. The van der Waals surface area contributed by atoms with Gasteiger partial charge < -0.3 is 15.0 Å². The van der Waals surface area contributed by atoms with Crippen molar-refractivity contribution < 1.29 is 14.7 Å². The van der Waals surface area contributed by atoms with Gasteiger partial charge in [0.1, 0.15) is 11.4 Å². The fourth-order valence-electron chi connectivity index (χ4n) is 1.91. The van der Waals surface area contributed by atoms with Crippen LogP contribution in [0.2, 0.25) is 5.02 Å². The van der Waals surface area contributed by atoms with Crippen LogP contribution in [-0.4, -0.2) is 26.5 Å². The van der Waals surface area contributed by atoms with Gasteiger partial charge in [-0.05, 0) is 24.6 Å². The van der Waals surface area contributed by atoms with Gasteiger partial charge in [0.05, 0.1) is 5.02 Å². The number of aromatic carboxylic acids is 1. The number of rotatable bonds is 5.